The van der Waals surface area contributed by atoms with Gasteiger partial charge in [0.05, 0.1) is 6.10 Å². The van der Waals surface area contributed by atoms with E-state index in [-0.39, 0.29) is 5.82 Å². The molecule has 4 heteroatoms. The summed E-state index contributed by atoms with van der Waals surface area (Å²) in [5.41, 5.74) is 6.42. The molecule has 2 rings (SSSR count). The standard InChI is InChI=1S/C12H16FNOS/c13-9-4-5-11(14)12(7-9)16-8-10-3-1-2-6-15-10/h4-5,7,10H,1-3,6,8,14H2. The fraction of sp³-hybridized carbons (Fsp3) is 0.500. The van der Waals surface area contributed by atoms with Gasteiger partial charge in [0.1, 0.15) is 5.82 Å². The van der Waals surface area contributed by atoms with Crippen molar-refractivity contribution in [2.45, 2.75) is 30.3 Å². The maximum Gasteiger partial charge on any atom is 0.124 e. The first-order chi connectivity index (χ1) is 7.75. The predicted octanol–water partition coefficient (Wildman–Crippen LogP) is 3.07. The van der Waals surface area contributed by atoms with Crippen LogP contribution in [0.1, 0.15) is 19.3 Å². The summed E-state index contributed by atoms with van der Waals surface area (Å²) < 4.78 is 18.6. The van der Waals surface area contributed by atoms with Gasteiger partial charge in [-0.1, -0.05) is 0 Å². The van der Waals surface area contributed by atoms with E-state index >= 15 is 0 Å². The van der Waals surface area contributed by atoms with Crippen LogP contribution in [0.25, 0.3) is 0 Å². The summed E-state index contributed by atoms with van der Waals surface area (Å²) >= 11 is 1.58. The highest BCUT2D eigenvalue weighted by Crippen LogP contribution is 2.28. The van der Waals surface area contributed by atoms with Crippen molar-refractivity contribution in [1.29, 1.82) is 0 Å². The van der Waals surface area contributed by atoms with Gasteiger partial charge in [0, 0.05) is 22.9 Å². The molecule has 0 amide bonds. The Hall–Kier alpha value is -0.740. The third-order valence-electron chi connectivity index (χ3n) is 2.67. The first-order valence-corrected chi connectivity index (χ1v) is 6.53. The number of hydrogen-bond acceptors (Lipinski definition) is 3. The molecule has 16 heavy (non-hydrogen) atoms. The third-order valence-corrected chi connectivity index (χ3v) is 3.88. The maximum absolute atomic E-state index is 13.0. The summed E-state index contributed by atoms with van der Waals surface area (Å²) in [5.74, 6) is 0.620. The summed E-state index contributed by atoms with van der Waals surface area (Å²) in [4.78, 5) is 0.814. The molecular formula is C12H16FNOS. The highest BCUT2D eigenvalue weighted by molar-refractivity contribution is 7.99. The summed E-state index contributed by atoms with van der Waals surface area (Å²) in [6.07, 6.45) is 3.77. The van der Waals surface area contributed by atoms with E-state index in [0.717, 1.165) is 30.1 Å². The molecule has 0 saturated carbocycles. The Bertz CT molecular complexity index is 353. The molecule has 1 atom stereocenters. The predicted molar refractivity (Wildman–Crippen MR) is 65.1 cm³/mol. The minimum atomic E-state index is -0.235. The molecule has 0 bridgehead atoms. The molecule has 88 valence electrons. The van der Waals surface area contributed by atoms with E-state index in [9.17, 15) is 4.39 Å². The minimum absolute atomic E-state index is 0.235. The van der Waals surface area contributed by atoms with Gasteiger partial charge in [0.2, 0.25) is 0 Å². The quantitative estimate of drug-likeness (QED) is 0.652. The molecule has 0 radical (unpaired) electrons. The molecule has 2 N–H and O–H groups in total. The van der Waals surface area contributed by atoms with Crippen LogP contribution in [0, 0.1) is 5.82 Å². The van der Waals surface area contributed by atoms with Gasteiger partial charge >= 0.3 is 0 Å². The van der Waals surface area contributed by atoms with Crippen molar-refractivity contribution >= 4 is 17.4 Å². The zero-order valence-electron chi connectivity index (χ0n) is 9.12. The molecule has 1 aromatic carbocycles. The summed E-state index contributed by atoms with van der Waals surface area (Å²) in [5, 5.41) is 0. The Labute approximate surface area is 99.4 Å². The number of benzene rings is 1. The van der Waals surface area contributed by atoms with Gasteiger partial charge < -0.3 is 10.5 Å². The van der Waals surface area contributed by atoms with Gasteiger partial charge in [0.15, 0.2) is 0 Å². The fourth-order valence-electron chi connectivity index (χ4n) is 1.75. The third kappa shape index (κ3) is 3.12. The van der Waals surface area contributed by atoms with E-state index in [0.29, 0.717) is 11.8 Å². The first-order valence-electron chi connectivity index (χ1n) is 5.55. The molecule has 1 unspecified atom stereocenters. The van der Waals surface area contributed by atoms with Crippen LogP contribution in [0.3, 0.4) is 0 Å². The Morgan fingerprint density at radius 1 is 1.44 bits per heavy atom. The van der Waals surface area contributed by atoms with Crippen LogP contribution < -0.4 is 5.73 Å². The van der Waals surface area contributed by atoms with Crippen molar-refractivity contribution < 1.29 is 9.13 Å². The van der Waals surface area contributed by atoms with Crippen molar-refractivity contribution in [2.24, 2.45) is 0 Å². The van der Waals surface area contributed by atoms with Crippen molar-refractivity contribution in [2.75, 3.05) is 18.1 Å². The Kier molecular flexibility index (Phi) is 4.07. The van der Waals surface area contributed by atoms with Crippen LogP contribution in [-0.2, 0) is 4.74 Å². The molecular weight excluding hydrogens is 225 g/mol. The number of nitrogen functional groups attached to an aromatic ring is 1. The zero-order chi connectivity index (χ0) is 11.4. The van der Waals surface area contributed by atoms with E-state index in [1.165, 1.54) is 18.6 Å². The highest BCUT2D eigenvalue weighted by Gasteiger charge is 2.14. The molecule has 2 nitrogen and oxygen atoms in total. The average Bonchev–Trinajstić information content (AvgIpc) is 2.32. The highest BCUT2D eigenvalue weighted by atomic mass is 32.2. The maximum atomic E-state index is 13.0. The number of thioether (sulfide) groups is 1. The van der Waals surface area contributed by atoms with Crippen LogP contribution in [0.2, 0.25) is 0 Å². The van der Waals surface area contributed by atoms with Gasteiger partial charge in [-0.2, -0.15) is 0 Å². The lowest BCUT2D eigenvalue weighted by atomic mass is 10.1. The van der Waals surface area contributed by atoms with Gasteiger partial charge in [-0.05, 0) is 37.5 Å². The van der Waals surface area contributed by atoms with Crippen LogP contribution in [-0.4, -0.2) is 18.5 Å². The number of rotatable bonds is 3. The van der Waals surface area contributed by atoms with Crippen molar-refractivity contribution in [3.05, 3.63) is 24.0 Å². The van der Waals surface area contributed by atoms with E-state index in [1.807, 2.05) is 0 Å². The lowest BCUT2D eigenvalue weighted by molar-refractivity contribution is 0.0315. The normalized spacial score (nSPS) is 20.9. The monoisotopic (exact) mass is 241 g/mol. The molecule has 0 aromatic heterocycles. The molecule has 1 aliphatic heterocycles. The van der Waals surface area contributed by atoms with E-state index in [1.54, 1.807) is 17.8 Å². The topological polar surface area (TPSA) is 35.2 Å². The molecule has 0 aliphatic carbocycles. The van der Waals surface area contributed by atoms with E-state index in [2.05, 4.69) is 0 Å². The van der Waals surface area contributed by atoms with Crippen molar-refractivity contribution in [3.8, 4) is 0 Å². The van der Waals surface area contributed by atoms with Crippen LogP contribution in [0.15, 0.2) is 23.1 Å². The zero-order valence-corrected chi connectivity index (χ0v) is 9.93. The SMILES string of the molecule is Nc1ccc(F)cc1SCC1CCCCO1. The fourth-order valence-corrected chi connectivity index (χ4v) is 2.81. The van der Waals surface area contributed by atoms with Gasteiger partial charge in [-0.3, -0.25) is 0 Å². The summed E-state index contributed by atoms with van der Waals surface area (Å²) in [6, 6.07) is 4.48. The number of nitrogens with two attached hydrogens (primary N) is 1. The smallest absolute Gasteiger partial charge is 0.124 e. The Morgan fingerprint density at radius 2 is 2.31 bits per heavy atom. The first kappa shape index (κ1) is 11.7. The number of anilines is 1. The second kappa shape index (κ2) is 5.55. The molecule has 1 fully saturated rings. The van der Waals surface area contributed by atoms with Gasteiger partial charge in [0.25, 0.3) is 0 Å². The molecule has 1 aliphatic rings. The molecule has 1 heterocycles. The van der Waals surface area contributed by atoms with Gasteiger partial charge in [-0.15, -0.1) is 11.8 Å². The van der Waals surface area contributed by atoms with E-state index < -0.39 is 0 Å². The van der Waals surface area contributed by atoms with E-state index in [4.69, 9.17) is 10.5 Å². The largest absolute Gasteiger partial charge is 0.398 e. The summed E-state index contributed by atoms with van der Waals surface area (Å²) in [7, 11) is 0. The van der Waals surface area contributed by atoms with Crippen LogP contribution in [0.4, 0.5) is 10.1 Å². The second-order valence-electron chi connectivity index (χ2n) is 3.98. The second-order valence-corrected chi connectivity index (χ2v) is 5.04. The molecule has 1 saturated heterocycles. The lowest BCUT2D eigenvalue weighted by Gasteiger charge is -2.22. The lowest BCUT2D eigenvalue weighted by Crippen LogP contribution is -2.21. The van der Waals surface area contributed by atoms with Crippen molar-refractivity contribution in [3.63, 3.8) is 0 Å². The average molecular weight is 241 g/mol. The number of ether oxygens (including phenoxy) is 1. The van der Waals surface area contributed by atoms with Crippen LogP contribution >= 0.6 is 11.8 Å². The minimum Gasteiger partial charge on any atom is -0.398 e. The van der Waals surface area contributed by atoms with Gasteiger partial charge in [-0.25, -0.2) is 4.39 Å². The Morgan fingerprint density at radius 3 is 3.06 bits per heavy atom. The molecule has 1 aromatic rings. The number of hydrogen-bond donors (Lipinski definition) is 1. The Balaban J connectivity index is 1.90. The molecule has 0 spiro atoms. The number of halogens is 1. The van der Waals surface area contributed by atoms with Crippen molar-refractivity contribution in [1.82, 2.24) is 0 Å². The summed E-state index contributed by atoms with van der Waals surface area (Å²) in [6.45, 7) is 0.851. The van der Waals surface area contributed by atoms with Crippen LogP contribution in [0.5, 0.6) is 0 Å².